The molecule has 2 heterocycles. The Bertz CT molecular complexity index is 736. The van der Waals surface area contributed by atoms with E-state index in [1.54, 1.807) is 11.8 Å². The van der Waals surface area contributed by atoms with Crippen LogP contribution in [0.2, 0.25) is 0 Å². The smallest absolute Gasteiger partial charge is 0.276 e. The number of aromatic nitrogens is 3. The molecule has 0 aliphatic rings. The normalized spacial score (nSPS) is 12.8. The summed E-state index contributed by atoms with van der Waals surface area (Å²) in [4.78, 5) is 3.29. The number of benzene rings is 1. The van der Waals surface area contributed by atoms with Crippen LogP contribution in [0.1, 0.15) is 37.3 Å². The minimum atomic E-state index is -0.0350. The number of hydrogen-bond acceptors (Lipinski definition) is 4. The molecule has 4 N–H and O–H groups in total. The summed E-state index contributed by atoms with van der Waals surface area (Å²) in [5.41, 5.74) is 6.56. The van der Waals surface area contributed by atoms with Gasteiger partial charge < -0.3 is 15.1 Å². The van der Waals surface area contributed by atoms with E-state index in [4.69, 9.17) is 4.42 Å². The Morgan fingerprint density at radius 2 is 2.18 bits per heavy atom. The molecule has 0 bridgehead atoms. The fourth-order valence-electron chi connectivity index (χ4n) is 2.40. The lowest BCUT2D eigenvalue weighted by molar-refractivity contribution is -0.431. The Balaban J connectivity index is 1.68. The molecule has 5 nitrogen and oxygen atoms in total. The average molecular weight is 317 g/mol. The third-order valence-corrected chi connectivity index (χ3v) is 4.54. The summed E-state index contributed by atoms with van der Waals surface area (Å²) in [6.07, 6.45) is 5.15. The standard InChI is InChI=1S/C16H20N4OS/c1-2-3-8-22-16-20-19-15(21-16)13(17)9-11-10-18-14-7-5-4-6-12(11)14/h4-7,10,13,18H,2-3,8-9,17H2,1H3/p+1. The molecule has 0 amide bonds. The lowest BCUT2D eigenvalue weighted by Gasteiger charge is -2.02. The summed E-state index contributed by atoms with van der Waals surface area (Å²) in [6.45, 7) is 2.17. The first-order valence-electron chi connectivity index (χ1n) is 7.62. The minimum absolute atomic E-state index is 0.0350. The van der Waals surface area contributed by atoms with Crippen molar-refractivity contribution in [2.24, 2.45) is 0 Å². The second-order valence-corrected chi connectivity index (χ2v) is 6.41. The van der Waals surface area contributed by atoms with Crippen LogP contribution in [0.5, 0.6) is 0 Å². The van der Waals surface area contributed by atoms with Gasteiger partial charge in [0.2, 0.25) is 0 Å². The second kappa shape index (κ2) is 6.98. The fraction of sp³-hybridized carbons (Fsp3) is 0.375. The Morgan fingerprint density at radius 3 is 3.05 bits per heavy atom. The number of unbranched alkanes of at least 4 members (excludes halogenated alkanes) is 1. The van der Waals surface area contributed by atoms with E-state index in [2.05, 4.69) is 40.0 Å². The number of rotatable bonds is 7. The fourth-order valence-corrected chi connectivity index (χ4v) is 3.25. The van der Waals surface area contributed by atoms with Gasteiger partial charge >= 0.3 is 0 Å². The monoisotopic (exact) mass is 317 g/mol. The van der Waals surface area contributed by atoms with Crippen molar-refractivity contribution in [2.75, 3.05) is 5.75 Å². The summed E-state index contributed by atoms with van der Waals surface area (Å²) in [5.74, 6) is 1.63. The van der Waals surface area contributed by atoms with Gasteiger partial charge in [0, 0.05) is 29.3 Å². The molecular weight excluding hydrogens is 296 g/mol. The van der Waals surface area contributed by atoms with Crippen molar-refractivity contribution in [2.45, 2.75) is 37.5 Å². The van der Waals surface area contributed by atoms with E-state index in [9.17, 15) is 0 Å². The van der Waals surface area contributed by atoms with Crippen LogP contribution in [0.15, 0.2) is 40.1 Å². The molecule has 1 atom stereocenters. The molecule has 116 valence electrons. The van der Waals surface area contributed by atoms with Crippen LogP contribution in [0.4, 0.5) is 0 Å². The molecule has 1 aromatic carbocycles. The molecule has 3 rings (SSSR count). The van der Waals surface area contributed by atoms with Crippen LogP contribution in [0, 0.1) is 0 Å². The number of hydrogen-bond donors (Lipinski definition) is 2. The molecule has 0 saturated carbocycles. The molecule has 2 aromatic heterocycles. The van der Waals surface area contributed by atoms with E-state index in [0.717, 1.165) is 24.1 Å². The highest BCUT2D eigenvalue weighted by atomic mass is 32.2. The van der Waals surface area contributed by atoms with Gasteiger partial charge in [-0.3, -0.25) is 0 Å². The zero-order valence-corrected chi connectivity index (χ0v) is 13.5. The number of H-pyrrole nitrogens is 1. The number of nitrogens with one attached hydrogen (secondary N) is 1. The minimum Gasteiger partial charge on any atom is -0.410 e. The largest absolute Gasteiger partial charge is 0.410 e. The van der Waals surface area contributed by atoms with Crippen molar-refractivity contribution in [3.8, 4) is 0 Å². The Hall–Kier alpha value is -1.79. The van der Waals surface area contributed by atoms with Gasteiger partial charge in [-0.05, 0) is 18.1 Å². The summed E-state index contributed by atoms with van der Waals surface area (Å²) < 4.78 is 5.72. The van der Waals surface area contributed by atoms with Gasteiger partial charge in [0.1, 0.15) is 0 Å². The van der Waals surface area contributed by atoms with Gasteiger partial charge in [-0.1, -0.05) is 43.3 Å². The van der Waals surface area contributed by atoms with Crippen LogP contribution in [0.25, 0.3) is 10.9 Å². The van der Waals surface area contributed by atoms with E-state index in [-0.39, 0.29) is 6.04 Å². The molecule has 22 heavy (non-hydrogen) atoms. The van der Waals surface area contributed by atoms with Crippen molar-refractivity contribution in [3.63, 3.8) is 0 Å². The maximum absolute atomic E-state index is 5.72. The Labute approximate surface area is 133 Å². The molecule has 0 fully saturated rings. The van der Waals surface area contributed by atoms with Gasteiger partial charge in [0.05, 0.1) is 0 Å². The van der Waals surface area contributed by atoms with E-state index in [0.29, 0.717) is 11.1 Å². The van der Waals surface area contributed by atoms with E-state index >= 15 is 0 Å². The molecule has 3 aromatic rings. The number of aromatic amines is 1. The molecule has 0 aliphatic heterocycles. The zero-order valence-electron chi connectivity index (χ0n) is 12.7. The van der Waals surface area contributed by atoms with Crippen LogP contribution < -0.4 is 5.73 Å². The highest BCUT2D eigenvalue weighted by Gasteiger charge is 2.20. The Morgan fingerprint density at radius 1 is 1.32 bits per heavy atom. The second-order valence-electron chi connectivity index (χ2n) is 5.37. The topological polar surface area (TPSA) is 82.4 Å². The maximum atomic E-state index is 5.72. The number of para-hydroxylation sites is 1. The third kappa shape index (κ3) is 3.34. The lowest BCUT2D eigenvalue weighted by Crippen LogP contribution is -2.54. The highest BCUT2D eigenvalue weighted by Crippen LogP contribution is 2.24. The van der Waals surface area contributed by atoms with Crippen molar-refractivity contribution < 1.29 is 10.2 Å². The van der Waals surface area contributed by atoms with Crippen LogP contribution in [-0.4, -0.2) is 20.9 Å². The summed E-state index contributed by atoms with van der Waals surface area (Å²) in [5, 5.41) is 10.1. The summed E-state index contributed by atoms with van der Waals surface area (Å²) in [7, 11) is 0. The number of nitrogens with zero attached hydrogens (tertiary/aromatic N) is 2. The van der Waals surface area contributed by atoms with Crippen molar-refractivity contribution in [3.05, 3.63) is 41.9 Å². The average Bonchev–Trinajstić information content (AvgIpc) is 3.15. The molecule has 1 unspecified atom stereocenters. The first kappa shape index (κ1) is 15.1. The van der Waals surface area contributed by atoms with Gasteiger partial charge in [0.25, 0.3) is 11.1 Å². The third-order valence-electron chi connectivity index (χ3n) is 3.64. The summed E-state index contributed by atoms with van der Waals surface area (Å²) >= 11 is 1.62. The van der Waals surface area contributed by atoms with Gasteiger partial charge in [-0.15, -0.1) is 10.2 Å². The number of quaternary nitrogens is 1. The molecule has 0 aliphatic carbocycles. The quantitative estimate of drug-likeness (QED) is 0.518. The van der Waals surface area contributed by atoms with Gasteiger partial charge in [0.15, 0.2) is 6.04 Å². The molecule has 0 saturated heterocycles. The van der Waals surface area contributed by atoms with E-state index in [1.807, 2.05) is 18.3 Å². The number of fused-ring (bicyclic) bond motifs is 1. The SMILES string of the molecule is CCCCSc1nnc(C([NH3+])Cc2c[nH]c3ccccc23)o1. The van der Waals surface area contributed by atoms with Crippen LogP contribution >= 0.6 is 11.8 Å². The molecule has 0 radical (unpaired) electrons. The summed E-state index contributed by atoms with van der Waals surface area (Å²) in [6, 6.07) is 8.24. The Kier molecular flexibility index (Phi) is 4.80. The highest BCUT2D eigenvalue weighted by molar-refractivity contribution is 7.99. The first-order valence-corrected chi connectivity index (χ1v) is 8.60. The predicted molar refractivity (Wildman–Crippen MR) is 87.6 cm³/mol. The van der Waals surface area contributed by atoms with Crippen LogP contribution in [0.3, 0.4) is 0 Å². The molecule has 6 heteroatoms. The van der Waals surface area contributed by atoms with Crippen molar-refractivity contribution in [1.29, 1.82) is 0 Å². The van der Waals surface area contributed by atoms with Crippen molar-refractivity contribution in [1.82, 2.24) is 15.2 Å². The lowest BCUT2D eigenvalue weighted by atomic mass is 10.1. The van der Waals surface area contributed by atoms with E-state index < -0.39 is 0 Å². The van der Waals surface area contributed by atoms with Crippen molar-refractivity contribution >= 4 is 22.7 Å². The van der Waals surface area contributed by atoms with Gasteiger partial charge in [-0.2, -0.15) is 0 Å². The molecule has 0 spiro atoms. The van der Waals surface area contributed by atoms with E-state index in [1.165, 1.54) is 17.4 Å². The zero-order chi connectivity index (χ0) is 15.4. The predicted octanol–water partition coefficient (Wildman–Crippen LogP) is 2.97. The maximum Gasteiger partial charge on any atom is 0.276 e. The molecular formula is C16H21N4OS+. The van der Waals surface area contributed by atoms with Gasteiger partial charge in [-0.25, -0.2) is 0 Å². The number of thioether (sulfide) groups is 1. The van der Waals surface area contributed by atoms with Crippen LogP contribution in [-0.2, 0) is 6.42 Å². The first-order chi connectivity index (χ1) is 10.8.